The maximum atomic E-state index is 12.8. The number of hydrogen-bond donors (Lipinski definition) is 0. The third-order valence-corrected chi connectivity index (χ3v) is 5.43. The lowest BCUT2D eigenvalue weighted by atomic mass is 10.0. The predicted molar refractivity (Wildman–Crippen MR) is 97.6 cm³/mol. The standard InChI is InChI=1S/C20H28N2O4/c1-14-11-22(12-15(2)26-14)20(23)13-21-7-3-4-17(21)16-5-6-18-19(10-16)25-9-8-24-18/h5-6,10,14-15,17H,3-4,7-9,11-13H2,1-2H3. The van der Waals surface area contributed by atoms with E-state index in [0.717, 1.165) is 30.9 Å². The zero-order valence-corrected chi connectivity index (χ0v) is 15.6. The van der Waals surface area contributed by atoms with Crippen LogP contribution in [-0.2, 0) is 9.53 Å². The normalized spacial score (nSPS) is 29.0. The summed E-state index contributed by atoms with van der Waals surface area (Å²) in [5.74, 6) is 1.84. The first-order chi connectivity index (χ1) is 12.6. The van der Waals surface area contributed by atoms with Crippen molar-refractivity contribution in [1.82, 2.24) is 9.80 Å². The summed E-state index contributed by atoms with van der Waals surface area (Å²) in [5, 5.41) is 0. The highest BCUT2D eigenvalue weighted by atomic mass is 16.6. The van der Waals surface area contributed by atoms with Crippen LogP contribution in [0, 0.1) is 0 Å². The second kappa shape index (κ2) is 7.45. The SMILES string of the molecule is CC1CN(C(=O)CN2CCCC2c2ccc3c(c2)OCCO3)CC(C)O1. The molecule has 2 saturated heterocycles. The van der Waals surface area contributed by atoms with Gasteiger partial charge in [-0.25, -0.2) is 0 Å². The second-order valence-corrected chi connectivity index (χ2v) is 7.59. The number of fused-ring (bicyclic) bond motifs is 1. The lowest BCUT2D eigenvalue weighted by Crippen LogP contribution is -2.51. The molecule has 0 spiro atoms. The van der Waals surface area contributed by atoms with E-state index in [0.29, 0.717) is 32.8 Å². The van der Waals surface area contributed by atoms with Crippen molar-refractivity contribution < 1.29 is 19.0 Å². The number of ether oxygens (including phenoxy) is 3. The zero-order valence-electron chi connectivity index (χ0n) is 15.6. The largest absolute Gasteiger partial charge is 0.486 e. The molecule has 3 aliphatic heterocycles. The third kappa shape index (κ3) is 3.67. The maximum absolute atomic E-state index is 12.8. The van der Waals surface area contributed by atoms with Gasteiger partial charge in [0.25, 0.3) is 0 Å². The number of benzene rings is 1. The van der Waals surface area contributed by atoms with Gasteiger partial charge in [0.1, 0.15) is 13.2 Å². The Balaban J connectivity index is 1.44. The average molecular weight is 360 g/mol. The summed E-state index contributed by atoms with van der Waals surface area (Å²) in [6, 6.07) is 6.46. The van der Waals surface area contributed by atoms with E-state index in [1.54, 1.807) is 0 Å². The molecule has 3 atom stereocenters. The summed E-state index contributed by atoms with van der Waals surface area (Å²) in [4.78, 5) is 17.1. The van der Waals surface area contributed by atoms with Crippen molar-refractivity contribution in [1.29, 1.82) is 0 Å². The molecule has 0 radical (unpaired) electrons. The Hall–Kier alpha value is -1.79. The summed E-state index contributed by atoms with van der Waals surface area (Å²) in [6.45, 7) is 8.06. The smallest absolute Gasteiger partial charge is 0.236 e. The molecule has 6 heteroatoms. The van der Waals surface area contributed by atoms with Gasteiger partial charge in [-0.1, -0.05) is 6.07 Å². The number of hydrogen-bond acceptors (Lipinski definition) is 5. The highest BCUT2D eigenvalue weighted by Gasteiger charge is 2.32. The summed E-state index contributed by atoms with van der Waals surface area (Å²) < 4.78 is 17.1. The minimum atomic E-state index is 0.106. The van der Waals surface area contributed by atoms with E-state index in [-0.39, 0.29) is 24.2 Å². The Morgan fingerprint density at radius 3 is 2.62 bits per heavy atom. The number of rotatable bonds is 3. The van der Waals surface area contributed by atoms with Crippen LogP contribution < -0.4 is 9.47 Å². The summed E-state index contributed by atoms with van der Waals surface area (Å²) >= 11 is 0. The number of amides is 1. The predicted octanol–water partition coefficient (Wildman–Crippen LogP) is 2.23. The first-order valence-electron chi connectivity index (χ1n) is 9.67. The molecule has 3 heterocycles. The number of likely N-dealkylation sites (tertiary alicyclic amines) is 1. The van der Waals surface area contributed by atoms with Gasteiger partial charge in [0.05, 0.1) is 18.8 Å². The van der Waals surface area contributed by atoms with Crippen LogP contribution in [0.2, 0.25) is 0 Å². The van der Waals surface area contributed by atoms with Crippen molar-refractivity contribution >= 4 is 5.91 Å². The summed E-state index contributed by atoms with van der Waals surface area (Å²) in [7, 11) is 0. The van der Waals surface area contributed by atoms with Crippen molar-refractivity contribution in [3.05, 3.63) is 23.8 Å². The van der Waals surface area contributed by atoms with Gasteiger partial charge in [0.15, 0.2) is 11.5 Å². The van der Waals surface area contributed by atoms with E-state index < -0.39 is 0 Å². The molecule has 0 aliphatic carbocycles. The van der Waals surface area contributed by atoms with E-state index in [1.165, 1.54) is 5.56 Å². The first-order valence-corrected chi connectivity index (χ1v) is 9.67. The van der Waals surface area contributed by atoms with Crippen LogP contribution in [0.4, 0.5) is 0 Å². The molecule has 1 amide bonds. The van der Waals surface area contributed by atoms with Gasteiger partial charge in [-0.3, -0.25) is 9.69 Å². The van der Waals surface area contributed by atoms with Crippen molar-refractivity contribution in [2.45, 2.75) is 44.9 Å². The van der Waals surface area contributed by atoms with E-state index in [1.807, 2.05) is 24.8 Å². The molecule has 2 fully saturated rings. The van der Waals surface area contributed by atoms with E-state index in [2.05, 4.69) is 17.0 Å². The zero-order chi connectivity index (χ0) is 18.1. The number of carbonyl (C=O) groups is 1. The summed E-state index contributed by atoms with van der Waals surface area (Å²) in [5.41, 5.74) is 1.21. The maximum Gasteiger partial charge on any atom is 0.236 e. The Morgan fingerprint density at radius 2 is 1.85 bits per heavy atom. The molecule has 142 valence electrons. The van der Waals surface area contributed by atoms with E-state index in [4.69, 9.17) is 14.2 Å². The van der Waals surface area contributed by atoms with E-state index >= 15 is 0 Å². The summed E-state index contributed by atoms with van der Waals surface area (Å²) in [6.07, 6.45) is 2.40. The molecule has 4 rings (SSSR count). The second-order valence-electron chi connectivity index (χ2n) is 7.59. The van der Waals surface area contributed by atoms with Crippen LogP contribution in [-0.4, -0.2) is 67.3 Å². The van der Waals surface area contributed by atoms with Gasteiger partial charge in [-0.05, 0) is 50.9 Å². The topological polar surface area (TPSA) is 51.2 Å². The van der Waals surface area contributed by atoms with Crippen LogP contribution in [0.3, 0.4) is 0 Å². The lowest BCUT2D eigenvalue weighted by Gasteiger charge is -2.36. The number of nitrogens with zero attached hydrogens (tertiary/aromatic N) is 2. The highest BCUT2D eigenvalue weighted by molar-refractivity contribution is 5.78. The lowest BCUT2D eigenvalue weighted by molar-refractivity contribution is -0.144. The average Bonchev–Trinajstić information content (AvgIpc) is 3.08. The molecule has 26 heavy (non-hydrogen) atoms. The fourth-order valence-corrected chi connectivity index (χ4v) is 4.32. The first kappa shape index (κ1) is 17.6. The van der Waals surface area contributed by atoms with Crippen LogP contribution in [0.1, 0.15) is 38.3 Å². The van der Waals surface area contributed by atoms with Crippen molar-refractivity contribution in [3.63, 3.8) is 0 Å². The number of carbonyl (C=O) groups excluding carboxylic acids is 1. The van der Waals surface area contributed by atoms with Crippen LogP contribution in [0.5, 0.6) is 11.5 Å². The Labute approximate surface area is 155 Å². The molecule has 3 unspecified atom stereocenters. The van der Waals surface area contributed by atoms with Gasteiger partial charge in [0.2, 0.25) is 5.91 Å². The van der Waals surface area contributed by atoms with Gasteiger partial charge in [0, 0.05) is 19.1 Å². The quantitative estimate of drug-likeness (QED) is 0.827. The molecule has 3 aliphatic rings. The van der Waals surface area contributed by atoms with Crippen molar-refractivity contribution in [2.75, 3.05) is 39.4 Å². The Kier molecular flexibility index (Phi) is 5.05. The molecule has 1 aromatic rings. The van der Waals surface area contributed by atoms with Gasteiger partial charge >= 0.3 is 0 Å². The monoisotopic (exact) mass is 360 g/mol. The Bertz CT molecular complexity index is 655. The van der Waals surface area contributed by atoms with Crippen molar-refractivity contribution in [3.8, 4) is 11.5 Å². The minimum absolute atomic E-state index is 0.106. The molecule has 0 N–H and O–H groups in total. The molecule has 0 bridgehead atoms. The van der Waals surface area contributed by atoms with Gasteiger partial charge in [-0.15, -0.1) is 0 Å². The molecule has 0 aromatic heterocycles. The van der Waals surface area contributed by atoms with Gasteiger partial charge in [-0.2, -0.15) is 0 Å². The van der Waals surface area contributed by atoms with E-state index in [9.17, 15) is 4.79 Å². The third-order valence-electron chi connectivity index (χ3n) is 5.43. The molecule has 1 aromatic carbocycles. The molecule has 0 saturated carbocycles. The fourth-order valence-electron chi connectivity index (χ4n) is 4.32. The Morgan fingerprint density at radius 1 is 1.12 bits per heavy atom. The highest BCUT2D eigenvalue weighted by Crippen LogP contribution is 2.38. The van der Waals surface area contributed by atoms with Crippen LogP contribution in [0.25, 0.3) is 0 Å². The molecular formula is C20H28N2O4. The van der Waals surface area contributed by atoms with Crippen molar-refractivity contribution in [2.24, 2.45) is 0 Å². The minimum Gasteiger partial charge on any atom is -0.486 e. The molecule has 6 nitrogen and oxygen atoms in total. The fraction of sp³-hybridized carbons (Fsp3) is 0.650. The van der Waals surface area contributed by atoms with Crippen LogP contribution in [0.15, 0.2) is 18.2 Å². The van der Waals surface area contributed by atoms with Crippen LogP contribution >= 0.6 is 0 Å². The molecular weight excluding hydrogens is 332 g/mol. The number of morpholine rings is 1. The van der Waals surface area contributed by atoms with Gasteiger partial charge < -0.3 is 19.1 Å².